The van der Waals surface area contributed by atoms with E-state index in [-0.39, 0.29) is 0 Å². The highest BCUT2D eigenvalue weighted by Gasteiger charge is 2.15. The Labute approximate surface area is 67.4 Å². The van der Waals surface area contributed by atoms with Gasteiger partial charge in [0.05, 0.1) is 0 Å². The fraction of sp³-hybridized carbons (Fsp3) is 0.833. The maximum atomic E-state index is 9.96. The van der Waals surface area contributed by atoms with Gasteiger partial charge in [-0.05, 0) is 25.6 Å². The van der Waals surface area contributed by atoms with E-state index in [0.29, 0.717) is 6.54 Å². The average Bonchev–Trinajstić information content (AvgIpc) is 1.78. The fourth-order valence-corrected chi connectivity index (χ4v) is 1.76. The molecule has 4 nitrogen and oxygen atoms in total. The van der Waals surface area contributed by atoms with Crippen LogP contribution in [0.4, 0.5) is 4.79 Å². The van der Waals surface area contributed by atoms with E-state index >= 15 is 0 Å². The second kappa shape index (κ2) is 4.35. The van der Waals surface area contributed by atoms with E-state index in [4.69, 9.17) is 5.11 Å². The van der Waals surface area contributed by atoms with Crippen LogP contribution < -0.4 is 5.32 Å². The third-order valence-electron chi connectivity index (χ3n) is 1.24. The van der Waals surface area contributed by atoms with Gasteiger partial charge in [-0.25, -0.2) is 4.79 Å². The summed E-state index contributed by atoms with van der Waals surface area (Å²) < 4.78 is 0. The van der Waals surface area contributed by atoms with Gasteiger partial charge in [-0.2, -0.15) is 0 Å². The van der Waals surface area contributed by atoms with Crippen molar-refractivity contribution in [3.05, 3.63) is 0 Å². The highest BCUT2D eigenvalue weighted by Crippen LogP contribution is 2.05. The molecule has 11 heavy (non-hydrogen) atoms. The largest absolute Gasteiger partial charge is 0.465 e. The van der Waals surface area contributed by atoms with E-state index in [2.05, 4.69) is 5.32 Å². The molecule has 0 fully saturated rings. The van der Waals surface area contributed by atoms with Crippen LogP contribution in [0.15, 0.2) is 0 Å². The van der Waals surface area contributed by atoms with Gasteiger partial charge in [0.15, 0.2) is 8.32 Å². The first-order valence-corrected chi connectivity index (χ1v) is 6.76. The molecule has 0 aromatic rings. The predicted octanol–water partition coefficient (Wildman–Crippen LogP) is 0.842. The number of nitrogens with one attached hydrogen (secondary N) is 1. The number of carboxylic acid groups (broad SMARTS) is 1. The van der Waals surface area contributed by atoms with Gasteiger partial charge < -0.3 is 15.2 Å². The minimum Gasteiger partial charge on any atom is -0.465 e. The van der Waals surface area contributed by atoms with Crippen LogP contribution in [-0.4, -0.2) is 30.9 Å². The Bertz CT molecular complexity index is 132. The quantitative estimate of drug-likeness (QED) is 0.440. The molecule has 0 aliphatic heterocycles. The third kappa shape index (κ3) is 9.45. The van der Waals surface area contributed by atoms with E-state index in [1.54, 1.807) is 0 Å². The zero-order valence-electron chi connectivity index (χ0n) is 6.92. The Morgan fingerprint density at radius 3 is 2.45 bits per heavy atom. The number of rotatable bonds is 4. The van der Waals surface area contributed by atoms with Gasteiger partial charge in [0, 0.05) is 6.54 Å². The Morgan fingerprint density at radius 1 is 1.55 bits per heavy atom. The molecule has 66 valence electrons. The van der Waals surface area contributed by atoms with Gasteiger partial charge in [0.2, 0.25) is 0 Å². The SMILES string of the molecule is C[Si](C)(O)CCCNC(=O)O. The van der Waals surface area contributed by atoms with Crippen molar-refractivity contribution in [2.24, 2.45) is 0 Å². The summed E-state index contributed by atoms with van der Waals surface area (Å²) in [5.74, 6) is 0. The van der Waals surface area contributed by atoms with Crippen LogP contribution in [0.2, 0.25) is 19.1 Å². The summed E-state index contributed by atoms with van der Waals surface area (Å²) in [4.78, 5) is 19.3. The second-order valence-electron chi connectivity index (χ2n) is 3.15. The average molecular weight is 177 g/mol. The minimum atomic E-state index is -1.96. The smallest absolute Gasteiger partial charge is 0.404 e. The molecule has 0 aliphatic carbocycles. The summed E-state index contributed by atoms with van der Waals surface area (Å²) in [6.45, 7) is 4.12. The summed E-state index contributed by atoms with van der Waals surface area (Å²) in [6, 6.07) is 0.743. The van der Waals surface area contributed by atoms with Crippen molar-refractivity contribution in [2.75, 3.05) is 6.54 Å². The van der Waals surface area contributed by atoms with Crippen LogP contribution >= 0.6 is 0 Å². The van der Waals surface area contributed by atoms with Crippen LogP contribution in [0, 0.1) is 0 Å². The highest BCUT2D eigenvalue weighted by molar-refractivity contribution is 6.69. The lowest BCUT2D eigenvalue weighted by molar-refractivity contribution is 0.194. The highest BCUT2D eigenvalue weighted by atomic mass is 28.4. The van der Waals surface area contributed by atoms with Gasteiger partial charge in [-0.3, -0.25) is 0 Å². The third-order valence-corrected chi connectivity index (χ3v) is 2.82. The molecule has 5 heteroatoms. The molecule has 0 aromatic carbocycles. The van der Waals surface area contributed by atoms with Crippen LogP contribution in [0.1, 0.15) is 6.42 Å². The number of hydrogen-bond acceptors (Lipinski definition) is 2. The van der Waals surface area contributed by atoms with Crippen LogP contribution in [0.5, 0.6) is 0 Å². The maximum absolute atomic E-state index is 9.96. The fourth-order valence-electron chi connectivity index (χ4n) is 0.716. The molecule has 0 heterocycles. The first kappa shape index (κ1) is 10.4. The lowest BCUT2D eigenvalue weighted by Crippen LogP contribution is -2.28. The molecule has 0 aliphatic rings. The van der Waals surface area contributed by atoms with Crippen LogP contribution in [0.25, 0.3) is 0 Å². The van der Waals surface area contributed by atoms with E-state index in [1.807, 2.05) is 13.1 Å². The molecular formula is C6H15NO3Si. The standard InChI is InChI=1S/C6H15NO3Si/c1-11(2,10)5-3-4-7-6(8)9/h7,10H,3-5H2,1-2H3,(H,8,9). The van der Waals surface area contributed by atoms with Gasteiger partial charge in [-0.1, -0.05) is 0 Å². The first-order chi connectivity index (χ1) is 4.92. The van der Waals surface area contributed by atoms with Crippen molar-refractivity contribution in [3.63, 3.8) is 0 Å². The van der Waals surface area contributed by atoms with Crippen LogP contribution in [0.3, 0.4) is 0 Å². The second-order valence-corrected chi connectivity index (χ2v) is 7.27. The van der Waals surface area contributed by atoms with Crippen molar-refractivity contribution in [1.29, 1.82) is 0 Å². The van der Waals surface area contributed by atoms with Crippen molar-refractivity contribution < 1.29 is 14.7 Å². The molecule has 0 radical (unpaired) electrons. The Hall–Kier alpha value is -0.553. The number of carbonyl (C=O) groups is 1. The van der Waals surface area contributed by atoms with Crippen molar-refractivity contribution in [2.45, 2.75) is 25.6 Å². The molecule has 0 saturated carbocycles. The molecule has 0 unspecified atom stereocenters. The molecule has 3 N–H and O–H groups in total. The van der Waals surface area contributed by atoms with Crippen molar-refractivity contribution in [3.8, 4) is 0 Å². The summed E-state index contributed by atoms with van der Waals surface area (Å²) in [5.41, 5.74) is 0. The molecule has 0 spiro atoms. The van der Waals surface area contributed by atoms with E-state index in [1.165, 1.54) is 0 Å². The van der Waals surface area contributed by atoms with Crippen molar-refractivity contribution in [1.82, 2.24) is 5.32 Å². The summed E-state index contributed by atoms with van der Waals surface area (Å²) in [6.07, 6.45) is -0.274. The Morgan fingerprint density at radius 2 is 2.09 bits per heavy atom. The molecule has 0 saturated heterocycles. The molecular weight excluding hydrogens is 162 g/mol. The maximum Gasteiger partial charge on any atom is 0.404 e. The first-order valence-electron chi connectivity index (χ1n) is 3.61. The summed E-state index contributed by atoms with van der Waals surface area (Å²) in [5, 5.41) is 10.4. The van der Waals surface area contributed by atoms with E-state index in [9.17, 15) is 9.59 Å². The zero-order valence-corrected chi connectivity index (χ0v) is 7.92. The topological polar surface area (TPSA) is 69.6 Å². The normalized spacial score (nSPS) is 11.2. The van der Waals surface area contributed by atoms with E-state index < -0.39 is 14.4 Å². The predicted molar refractivity (Wildman–Crippen MR) is 45.2 cm³/mol. The number of amides is 1. The summed E-state index contributed by atoms with van der Waals surface area (Å²) in [7, 11) is -1.96. The Kier molecular flexibility index (Phi) is 4.13. The van der Waals surface area contributed by atoms with Crippen LogP contribution in [-0.2, 0) is 0 Å². The number of hydrogen-bond donors (Lipinski definition) is 3. The monoisotopic (exact) mass is 177 g/mol. The molecule has 0 bridgehead atoms. The van der Waals surface area contributed by atoms with Gasteiger partial charge in [0.1, 0.15) is 0 Å². The minimum absolute atomic E-state index is 0.437. The van der Waals surface area contributed by atoms with E-state index in [0.717, 1.165) is 12.5 Å². The molecule has 1 amide bonds. The van der Waals surface area contributed by atoms with Gasteiger partial charge in [0.25, 0.3) is 0 Å². The molecule has 0 rings (SSSR count). The van der Waals surface area contributed by atoms with Crippen molar-refractivity contribution >= 4 is 14.4 Å². The van der Waals surface area contributed by atoms with Gasteiger partial charge in [-0.15, -0.1) is 0 Å². The molecule has 0 atom stereocenters. The van der Waals surface area contributed by atoms with Gasteiger partial charge >= 0.3 is 6.09 Å². The Balaban J connectivity index is 3.22. The lowest BCUT2D eigenvalue weighted by atomic mass is 10.5. The zero-order chi connectivity index (χ0) is 8.91. The lowest BCUT2D eigenvalue weighted by Gasteiger charge is -2.12. The molecule has 0 aromatic heterocycles. The summed E-state index contributed by atoms with van der Waals surface area (Å²) >= 11 is 0.